The molecule has 26 heavy (non-hydrogen) atoms. The number of hydrogen-bond acceptors (Lipinski definition) is 5. The van der Waals surface area contributed by atoms with Gasteiger partial charge in [0.05, 0.1) is 17.6 Å². The Labute approximate surface area is 151 Å². The van der Waals surface area contributed by atoms with Gasteiger partial charge < -0.3 is 9.47 Å². The molecule has 0 aliphatic carbocycles. The van der Waals surface area contributed by atoms with Crippen LogP contribution in [0, 0.1) is 5.82 Å². The maximum atomic E-state index is 13.6. The molecule has 0 radical (unpaired) electrons. The monoisotopic (exact) mass is 379 g/mol. The number of nitrogens with one attached hydrogen (secondary N) is 1. The third-order valence-corrected chi connectivity index (χ3v) is 4.81. The predicted molar refractivity (Wildman–Crippen MR) is 93.9 cm³/mol. The predicted octanol–water partition coefficient (Wildman–Crippen LogP) is 2.66. The van der Waals surface area contributed by atoms with Crippen LogP contribution in [-0.4, -0.2) is 28.0 Å². The fourth-order valence-electron chi connectivity index (χ4n) is 2.07. The molecule has 1 N–H and O–H groups in total. The van der Waals surface area contributed by atoms with Gasteiger partial charge in [0, 0.05) is 6.54 Å². The van der Waals surface area contributed by atoms with E-state index >= 15 is 0 Å². The first-order chi connectivity index (χ1) is 12.4. The van der Waals surface area contributed by atoms with Gasteiger partial charge in [-0.25, -0.2) is 22.3 Å². The zero-order chi connectivity index (χ0) is 19.2. The average molecular weight is 379 g/mol. The molecular weight excluding hydrogens is 361 g/mol. The van der Waals surface area contributed by atoms with Gasteiger partial charge in [-0.3, -0.25) is 0 Å². The Morgan fingerprint density at radius 3 is 2.69 bits per heavy atom. The number of sulfonamides is 1. The van der Waals surface area contributed by atoms with Crippen molar-refractivity contribution in [1.29, 1.82) is 0 Å². The van der Waals surface area contributed by atoms with Crippen molar-refractivity contribution < 1.29 is 27.1 Å². The van der Waals surface area contributed by atoms with Crippen LogP contribution in [-0.2, 0) is 21.4 Å². The highest BCUT2D eigenvalue weighted by molar-refractivity contribution is 7.89. The van der Waals surface area contributed by atoms with Crippen molar-refractivity contribution in [3.63, 3.8) is 0 Å². The maximum Gasteiger partial charge on any atom is 0.338 e. The molecule has 138 valence electrons. The third kappa shape index (κ3) is 4.90. The van der Waals surface area contributed by atoms with Gasteiger partial charge in [0.15, 0.2) is 11.6 Å². The first-order valence-electron chi connectivity index (χ1n) is 7.57. The van der Waals surface area contributed by atoms with E-state index in [1.807, 2.05) is 0 Å². The molecule has 2 rings (SSSR count). The van der Waals surface area contributed by atoms with Crippen LogP contribution in [0.4, 0.5) is 4.39 Å². The Bertz CT molecular complexity index is 912. The van der Waals surface area contributed by atoms with Gasteiger partial charge in [0.25, 0.3) is 0 Å². The molecule has 0 unspecified atom stereocenters. The Balaban J connectivity index is 2.09. The van der Waals surface area contributed by atoms with Crippen LogP contribution in [0.1, 0.15) is 15.9 Å². The molecule has 0 heterocycles. The lowest BCUT2D eigenvalue weighted by Gasteiger charge is -2.09. The number of rotatable bonds is 8. The van der Waals surface area contributed by atoms with Gasteiger partial charge in [0.1, 0.15) is 6.61 Å². The molecule has 0 aromatic heterocycles. The van der Waals surface area contributed by atoms with Gasteiger partial charge in [-0.2, -0.15) is 0 Å². The summed E-state index contributed by atoms with van der Waals surface area (Å²) in [5, 5.41) is 0. The minimum atomic E-state index is -3.75. The summed E-state index contributed by atoms with van der Waals surface area (Å²) in [5.41, 5.74) is 0.508. The Kier molecular flexibility index (Phi) is 6.48. The van der Waals surface area contributed by atoms with Crippen molar-refractivity contribution >= 4 is 16.0 Å². The molecule has 2 aromatic rings. The number of ether oxygens (including phenoxy) is 2. The van der Waals surface area contributed by atoms with Gasteiger partial charge in [0.2, 0.25) is 10.0 Å². The zero-order valence-electron chi connectivity index (χ0n) is 14.1. The van der Waals surface area contributed by atoms with E-state index in [2.05, 4.69) is 11.3 Å². The van der Waals surface area contributed by atoms with E-state index in [4.69, 9.17) is 9.47 Å². The van der Waals surface area contributed by atoms with Crippen LogP contribution in [0.3, 0.4) is 0 Å². The summed E-state index contributed by atoms with van der Waals surface area (Å²) in [6.07, 6.45) is 1.41. The van der Waals surface area contributed by atoms with Crippen molar-refractivity contribution in [1.82, 2.24) is 4.72 Å². The van der Waals surface area contributed by atoms with Gasteiger partial charge in [-0.05, 0) is 35.9 Å². The quantitative estimate of drug-likeness (QED) is 0.563. The molecular formula is C18H18FNO5S. The van der Waals surface area contributed by atoms with Crippen LogP contribution in [0.15, 0.2) is 60.0 Å². The maximum absolute atomic E-state index is 13.6. The van der Waals surface area contributed by atoms with Crippen LogP contribution < -0.4 is 9.46 Å². The summed E-state index contributed by atoms with van der Waals surface area (Å²) < 4.78 is 50.0. The lowest BCUT2D eigenvalue weighted by atomic mass is 10.2. The molecule has 0 aliphatic rings. The van der Waals surface area contributed by atoms with Gasteiger partial charge >= 0.3 is 5.97 Å². The smallest absolute Gasteiger partial charge is 0.338 e. The molecule has 0 saturated carbocycles. The molecule has 8 heteroatoms. The van der Waals surface area contributed by atoms with Crippen LogP contribution in [0.25, 0.3) is 0 Å². The van der Waals surface area contributed by atoms with E-state index in [0.717, 1.165) is 0 Å². The number of carbonyl (C=O) groups is 1. The van der Waals surface area contributed by atoms with Crippen LogP contribution in [0.2, 0.25) is 0 Å². The SMILES string of the molecule is C=CCNS(=O)(=O)c1cccc(C(=O)OCc2ccc(OC)c(F)c2)c1. The number of carbonyl (C=O) groups excluding carboxylic acids is 1. The average Bonchev–Trinajstić information content (AvgIpc) is 2.64. The fourth-order valence-corrected chi connectivity index (χ4v) is 3.12. The number of methoxy groups -OCH3 is 1. The molecule has 6 nitrogen and oxygen atoms in total. The second-order valence-corrected chi connectivity index (χ2v) is 6.98. The number of benzene rings is 2. The molecule has 0 atom stereocenters. The van der Waals surface area contributed by atoms with E-state index in [0.29, 0.717) is 5.56 Å². The first-order valence-corrected chi connectivity index (χ1v) is 9.06. The Morgan fingerprint density at radius 1 is 1.27 bits per heavy atom. The first kappa shape index (κ1) is 19.6. The van der Waals surface area contributed by atoms with Crippen molar-refractivity contribution in [3.05, 3.63) is 72.1 Å². The van der Waals surface area contributed by atoms with Crippen LogP contribution in [0.5, 0.6) is 5.75 Å². The second kappa shape index (κ2) is 8.59. The fraction of sp³-hybridized carbons (Fsp3) is 0.167. The topological polar surface area (TPSA) is 81.7 Å². The largest absolute Gasteiger partial charge is 0.494 e. The molecule has 0 amide bonds. The summed E-state index contributed by atoms with van der Waals surface area (Å²) in [5.74, 6) is -1.20. The normalized spacial score (nSPS) is 11.0. The summed E-state index contributed by atoms with van der Waals surface area (Å²) in [6, 6.07) is 9.64. The van der Waals surface area contributed by atoms with E-state index in [1.165, 1.54) is 49.6 Å². The van der Waals surface area contributed by atoms with Crippen LogP contribution >= 0.6 is 0 Å². The lowest BCUT2D eigenvalue weighted by Crippen LogP contribution is -2.23. The lowest BCUT2D eigenvalue weighted by molar-refractivity contribution is 0.0472. The van der Waals surface area contributed by atoms with Gasteiger partial charge in [-0.1, -0.05) is 18.2 Å². The minimum absolute atomic E-state index is 0.0655. The number of esters is 1. The zero-order valence-corrected chi connectivity index (χ0v) is 14.9. The number of hydrogen-bond donors (Lipinski definition) is 1. The van der Waals surface area contributed by atoms with Crippen molar-refractivity contribution in [3.8, 4) is 5.75 Å². The molecule has 0 aliphatic heterocycles. The van der Waals surface area contributed by atoms with Gasteiger partial charge in [-0.15, -0.1) is 6.58 Å². The molecule has 0 fully saturated rings. The highest BCUT2D eigenvalue weighted by Crippen LogP contribution is 2.19. The summed E-state index contributed by atoms with van der Waals surface area (Å²) in [7, 11) is -2.40. The standard InChI is InChI=1S/C18H18FNO5S/c1-3-9-20-26(22,23)15-6-4-5-14(11-15)18(21)25-12-13-7-8-17(24-2)16(19)10-13/h3-8,10-11,20H,1,9,12H2,2H3. The highest BCUT2D eigenvalue weighted by atomic mass is 32.2. The van der Waals surface area contributed by atoms with E-state index < -0.39 is 21.8 Å². The molecule has 2 aromatic carbocycles. The van der Waals surface area contributed by atoms with Crippen molar-refractivity contribution in [2.24, 2.45) is 0 Å². The molecule has 0 spiro atoms. The van der Waals surface area contributed by atoms with E-state index in [-0.39, 0.29) is 29.4 Å². The summed E-state index contributed by atoms with van der Waals surface area (Å²) in [6.45, 7) is 3.35. The number of halogens is 1. The summed E-state index contributed by atoms with van der Waals surface area (Å²) in [4.78, 5) is 12.1. The van der Waals surface area contributed by atoms with E-state index in [1.54, 1.807) is 6.07 Å². The minimum Gasteiger partial charge on any atom is -0.494 e. The summed E-state index contributed by atoms with van der Waals surface area (Å²) >= 11 is 0. The third-order valence-electron chi connectivity index (χ3n) is 3.38. The molecule has 0 saturated heterocycles. The Hall–Kier alpha value is -2.71. The molecule has 0 bridgehead atoms. The Morgan fingerprint density at radius 2 is 2.04 bits per heavy atom. The van der Waals surface area contributed by atoms with Crippen molar-refractivity contribution in [2.75, 3.05) is 13.7 Å². The van der Waals surface area contributed by atoms with E-state index in [9.17, 15) is 17.6 Å². The van der Waals surface area contributed by atoms with Crippen molar-refractivity contribution in [2.45, 2.75) is 11.5 Å². The highest BCUT2D eigenvalue weighted by Gasteiger charge is 2.16. The second-order valence-electron chi connectivity index (χ2n) is 5.21.